The molecule has 33 heavy (non-hydrogen) atoms. The predicted octanol–water partition coefficient (Wildman–Crippen LogP) is 5.59. The number of para-hydroxylation sites is 1. The molecule has 0 aliphatic carbocycles. The van der Waals surface area contributed by atoms with Crippen molar-refractivity contribution in [2.45, 2.75) is 29.2 Å². The molecule has 3 heterocycles. The van der Waals surface area contributed by atoms with Gasteiger partial charge in [-0.15, -0.1) is 0 Å². The van der Waals surface area contributed by atoms with Gasteiger partial charge in [-0.05, 0) is 47.9 Å². The molecule has 2 aromatic carbocycles. The zero-order chi connectivity index (χ0) is 22.6. The van der Waals surface area contributed by atoms with Crippen molar-refractivity contribution in [2.24, 2.45) is 7.05 Å². The van der Waals surface area contributed by atoms with Crippen LogP contribution >= 0.6 is 11.8 Å². The monoisotopic (exact) mass is 454 g/mol. The van der Waals surface area contributed by atoms with Crippen molar-refractivity contribution in [1.29, 1.82) is 0 Å². The van der Waals surface area contributed by atoms with Crippen LogP contribution in [0.25, 0.3) is 11.1 Å². The molecule has 166 valence electrons. The van der Waals surface area contributed by atoms with Gasteiger partial charge < -0.3 is 10.2 Å². The minimum absolute atomic E-state index is 1.04. The van der Waals surface area contributed by atoms with Crippen LogP contribution in [0.1, 0.15) is 12.8 Å². The number of pyridine rings is 2. The lowest BCUT2D eigenvalue weighted by Gasteiger charge is -2.24. The Kier molecular flexibility index (Phi) is 6.31. The van der Waals surface area contributed by atoms with Gasteiger partial charge in [-0.3, -0.25) is 0 Å². The maximum atomic E-state index is 3.55. The van der Waals surface area contributed by atoms with Gasteiger partial charge in [0.05, 0.1) is 11.4 Å². The summed E-state index contributed by atoms with van der Waals surface area (Å²) in [5, 5.41) is 3.55. The van der Waals surface area contributed by atoms with Crippen LogP contribution in [-0.2, 0) is 13.6 Å². The number of unbranched alkanes of at least 4 members (excludes halogenated alkanes) is 1. The zero-order valence-electron chi connectivity index (χ0n) is 19.2. The lowest BCUT2D eigenvalue weighted by atomic mass is 10.1. The van der Waals surface area contributed by atoms with E-state index in [9.17, 15) is 0 Å². The Bertz CT molecular complexity index is 1240. The number of fused-ring (bicyclic) bond motifs is 2. The molecule has 5 heteroatoms. The van der Waals surface area contributed by atoms with Gasteiger partial charge >= 0.3 is 0 Å². The molecule has 0 spiro atoms. The summed E-state index contributed by atoms with van der Waals surface area (Å²) >= 11 is 1.85. The number of nitrogens with zero attached hydrogens (tertiary/aromatic N) is 3. The summed E-state index contributed by atoms with van der Waals surface area (Å²) in [4.78, 5) is 4.94. The molecule has 0 bridgehead atoms. The highest BCUT2D eigenvalue weighted by Gasteiger charge is 2.16. The summed E-state index contributed by atoms with van der Waals surface area (Å²) in [6.45, 7) is 2.09. The molecule has 1 aliphatic rings. The van der Waals surface area contributed by atoms with Crippen LogP contribution in [0, 0.1) is 0 Å². The van der Waals surface area contributed by atoms with Gasteiger partial charge in [-0.1, -0.05) is 23.9 Å². The average molecular weight is 455 g/mol. The normalized spacial score (nSPS) is 11.9. The van der Waals surface area contributed by atoms with Crippen molar-refractivity contribution in [3.8, 4) is 11.1 Å². The Morgan fingerprint density at radius 3 is 2.27 bits per heavy atom. The molecule has 2 aromatic heterocycles. The van der Waals surface area contributed by atoms with Crippen LogP contribution in [0.4, 0.5) is 17.1 Å². The SMILES string of the molecule is CN(CCCC[n+]1ccc(-c2cc[n+](C)cc2)cc1)c1ccc2c(c1)Sc1ccccc1N2. The summed E-state index contributed by atoms with van der Waals surface area (Å²) < 4.78 is 4.34. The first-order valence-corrected chi connectivity index (χ1v) is 12.3. The van der Waals surface area contributed by atoms with Crippen molar-refractivity contribution in [1.82, 2.24) is 0 Å². The smallest absolute Gasteiger partial charge is 0.169 e. The lowest BCUT2D eigenvalue weighted by molar-refractivity contribution is -0.697. The fraction of sp³-hybridized carbons (Fsp3) is 0.214. The minimum atomic E-state index is 1.04. The summed E-state index contributed by atoms with van der Waals surface area (Å²) in [6, 6.07) is 23.9. The predicted molar refractivity (Wildman–Crippen MR) is 136 cm³/mol. The van der Waals surface area contributed by atoms with E-state index in [2.05, 4.69) is 118 Å². The van der Waals surface area contributed by atoms with Crippen LogP contribution in [0.5, 0.6) is 0 Å². The second-order valence-corrected chi connectivity index (χ2v) is 9.69. The number of rotatable bonds is 7. The molecule has 4 nitrogen and oxygen atoms in total. The number of anilines is 3. The zero-order valence-corrected chi connectivity index (χ0v) is 20.1. The summed E-state index contributed by atoms with van der Waals surface area (Å²) in [6.07, 6.45) is 10.9. The number of aryl methyl sites for hydroxylation is 2. The molecular formula is C28H30N4S+2. The van der Waals surface area contributed by atoms with Crippen molar-refractivity contribution in [3.05, 3.63) is 91.5 Å². The van der Waals surface area contributed by atoms with E-state index in [1.165, 1.54) is 38.0 Å². The average Bonchev–Trinajstić information content (AvgIpc) is 2.86. The minimum Gasteiger partial charge on any atom is -0.375 e. The van der Waals surface area contributed by atoms with E-state index in [4.69, 9.17) is 0 Å². The summed E-state index contributed by atoms with van der Waals surface area (Å²) in [5.41, 5.74) is 6.17. The lowest BCUT2D eigenvalue weighted by Crippen LogP contribution is -2.33. The first-order valence-electron chi connectivity index (χ1n) is 11.5. The van der Waals surface area contributed by atoms with Gasteiger partial charge in [-0.25, -0.2) is 9.13 Å². The van der Waals surface area contributed by atoms with Gasteiger partial charge in [0.25, 0.3) is 0 Å². The fourth-order valence-corrected chi connectivity index (χ4v) is 5.14. The van der Waals surface area contributed by atoms with E-state index in [1.807, 2.05) is 18.8 Å². The third-order valence-electron chi connectivity index (χ3n) is 6.15. The Morgan fingerprint density at radius 2 is 1.48 bits per heavy atom. The van der Waals surface area contributed by atoms with Gasteiger partial charge in [0.1, 0.15) is 13.6 Å². The molecule has 0 unspecified atom stereocenters. The molecule has 1 aliphatic heterocycles. The van der Waals surface area contributed by atoms with E-state index in [1.54, 1.807) is 0 Å². The quantitative estimate of drug-likeness (QED) is 0.256. The first-order chi connectivity index (χ1) is 16.2. The van der Waals surface area contributed by atoms with E-state index in [0.717, 1.165) is 25.9 Å². The van der Waals surface area contributed by atoms with E-state index in [-0.39, 0.29) is 0 Å². The van der Waals surface area contributed by atoms with E-state index in [0.29, 0.717) is 0 Å². The van der Waals surface area contributed by atoms with E-state index >= 15 is 0 Å². The number of aromatic nitrogens is 2. The highest BCUT2D eigenvalue weighted by atomic mass is 32.2. The largest absolute Gasteiger partial charge is 0.375 e. The molecular weight excluding hydrogens is 424 g/mol. The van der Waals surface area contributed by atoms with Gasteiger partial charge in [0, 0.05) is 59.8 Å². The van der Waals surface area contributed by atoms with Crippen molar-refractivity contribution < 1.29 is 9.13 Å². The third-order valence-corrected chi connectivity index (χ3v) is 7.28. The van der Waals surface area contributed by atoms with Crippen molar-refractivity contribution >= 4 is 28.8 Å². The van der Waals surface area contributed by atoms with E-state index < -0.39 is 0 Å². The van der Waals surface area contributed by atoms with Crippen LogP contribution in [-0.4, -0.2) is 13.6 Å². The number of nitrogens with one attached hydrogen (secondary N) is 1. The molecule has 0 radical (unpaired) electrons. The number of hydrogen-bond acceptors (Lipinski definition) is 3. The first kappa shape index (κ1) is 21.5. The molecule has 1 N–H and O–H groups in total. The molecule has 0 fully saturated rings. The van der Waals surface area contributed by atoms with Crippen LogP contribution in [0.2, 0.25) is 0 Å². The Labute approximate surface area is 200 Å². The summed E-state index contributed by atoms with van der Waals surface area (Å²) in [5.74, 6) is 0. The third kappa shape index (κ3) is 5.04. The Balaban J connectivity index is 1.12. The van der Waals surface area contributed by atoms with Gasteiger partial charge in [0.2, 0.25) is 0 Å². The number of benzene rings is 2. The Morgan fingerprint density at radius 1 is 0.788 bits per heavy atom. The maximum absolute atomic E-state index is 3.55. The molecule has 0 atom stereocenters. The highest BCUT2D eigenvalue weighted by molar-refractivity contribution is 7.99. The second-order valence-electron chi connectivity index (χ2n) is 8.61. The molecule has 0 amide bonds. The van der Waals surface area contributed by atoms with Crippen LogP contribution < -0.4 is 19.4 Å². The summed E-state index contributed by atoms with van der Waals surface area (Å²) in [7, 11) is 4.24. The van der Waals surface area contributed by atoms with Crippen LogP contribution in [0.3, 0.4) is 0 Å². The van der Waals surface area contributed by atoms with Gasteiger partial charge in [0.15, 0.2) is 24.8 Å². The molecule has 0 saturated heterocycles. The standard InChI is InChI=1S/C28H29N4S/c1-30-17-11-22(12-18-30)23-13-19-32(20-14-23)16-6-5-15-31(2)24-9-10-26-28(21-24)33-27-8-4-3-7-25(27)29-26/h3-4,7-14,17-21H,5-6,15-16H2,1-2H3/q+1/p+1. The molecule has 0 saturated carbocycles. The van der Waals surface area contributed by atoms with Crippen LogP contribution in [0.15, 0.2) is 101 Å². The van der Waals surface area contributed by atoms with Crippen molar-refractivity contribution in [3.63, 3.8) is 0 Å². The topological polar surface area (TPSA) is 23.0 Å². The molecule has 5 rings (SSSR count). The van der Waals surface area contributed by atoms with Crippen molar-refractivity contribution in [2.75, 3.05) is 23.8 Å². The second kappa shape index (κ2) is 9.67. The fourth-order valence-electron chi connectivity index (χ4n) is 4.12. The Hall–Kier alpha value is -3.31. The number of hydrogen-bond donors (Lipinski definition) is 1. The maximum Gasteiger partial charge on any atom is 0.169 e. The molecule has 4 aromatic rings. The van der Waals surface area contributed by atoms with Gasteiger partial charge in [-0.2, -0.15) is 0 Å². The highest BCUT2D eigenvalue weighted by Crippen LogP contribution is 2.45.